The largest absolute Gasteiger partial charge is 0.383 e. The van der Waals surface area contributed by atoms with Crippen LogP contribution in [0.15, 0.2) is 66.9 Å². The van der Waals surface area contributed by atoms with Gasteiger partial charge in [-0.25, -0.2) is 0 Å². The predicted octanol–water partition coefficient (Wildman–Crippen LogP) is 3.80. The second kappa shape index (κ2) is 8.12. The number of thiocarbonyl (C=S) groups is 1. The average molecular weight is 393 g/mol. The van der Waals surface area contributed by atoms with Crippen LogP contribution in [0.5, 0.6) is 0 Å². The van der Waals surface area contributed by atoms with Crippen molar-refractivity contribution in [2.75, 3.05) is 20.3 Å². The Morgan fingerprint density at radius 2 is 1.86 bits per heavy atom. The van der Waals surface area contributed by atoms with Crippen molar-refractivity contribution in [2.45, 2.75) is 19.0 Å². The lowest BCUT2D eigenvalue weighted by atomic mass is 10.0. The third-order valence-electron chi connectivity index (χ3n) is 5.16. The van der Waals surface area contributed by atoms with Crippen LogP contribution in [-0.2, 0) is 4.74 Å². The number of nitrogens with one attached hydrogen (secondary N) is 1. The van der Waals surface area contributed by atoms with Gasteiger partial charge in [-0.05, 0) is 55.5 Å². The highest BCUT2D eigenvalue weighted by molar-refractivity contribution is 7.80. The molecule has 0 unspecified atom stereocenters. The van der Waals surface area contributed by atoms with Crippen LogP contribution in [0.4, 0.5) is 0 Å². The van der Waals surface area contributed by atoms with Crippen molar-refractivity contribution in [1.82, 2.24) is 19.8 Å². The number of hydrogen-bond donors (Lipinski definition) is 1. The van der Waals surface area contributed by atoms with Gasteiger partial charge in [0.2, 0.25) is 0 Å². The zero-order valence-corrected chi connectivity index (χ0v) is 16.9. The summed E-state index contributed by atoms with van der Waals surface area (Å²) in [5.41, 5.74) is 4.49. The molecular formula is C22H24N4OS. The van der Waals surface area contributed by atoms with Crippen molar-refractivity contribution in [3.8, 4) is 5.69 Å². The van der Waals surface area contributed by atoms with E-state index in [9.17, 15) is 0 Å². The molecule has 5 nitrogen and oxygen atoms in total. The average Bonchev–Trinajstić information content (AvgIpc) is 3.27. The molecule has 4 rings (SSSR count). The first-order chi connectivity index (χ1) is 13.7. The summed E-state index contributed by atoms with van der Waals surface area (Å²) in [6.45, 7) is 3.46. The van der Waals surface area contributed by atoms with Crippen molar-refractivity contribution in [2.24, 2.45) is 0 Å². The maximum Gasteiger partial charge on any atom is 0.170 e. The molecule has 0 bridgehead atoms. The fraction of sp³-hybridized carbons (Fsp3) is 0.273. The highest BCUT2D eigenvalue weighted by Gasteiger charge is 2.41. The molecule has 0 aliphatic carbocycles. The van der Waals surface area contributed by atoms with Gasteiger partial charge in [0.25, 0.3) is 0 Å². The van der Waals surface area contributed by atoms with Gasteiger partial charge in [-0.2, -0.15) is 0 Å². The number of methoxy groups -OCH3 is 1. The molecular weight excluding hydrogens is 368 g/mol. The van der Waals surface area contributed by atoms with Gasteiger partial charge in [0.15, 0.2) is 5.11 Å². The van der Waals surface area contributed by atoms with Crippen LogP contribution in [0.1, 0.15) is 29.2 Å². The molecule has 6 heteroatoms. The zero-order valence-electron chi connectivity index (χ0n) is 16.1. The summed E-state index contributed by atoms with van der Waals surface area (Å²) in [7, 11) is 1.72. The summed E-state index contributed by atoms with van der Waals surface area (Å²) < 4.78 is 7.65. The zero-order chi connectivity index (χ0) is 19.5. The van der Waals surface area contributed by atoms with Gasteiger partial charge < -0.3 is 19.5 Å². The van der Waals surface area contributed by atoms with Crippen LogP contribution < -0.4 is 5.32 Å². The number of ether oxygens (including phenoxy) is 1. The predicted molar refractivity (Wildman–Crippen MR) is 115 cm³/mol. The number of benzene rings is 1. The van der Waals surface area contributed by atoms with Gasteiger partial charge in [0, 0.05) is 36.9 Å². The van der Waals surface area contributed by atoms with Crippen LogP contribution in [0, 0.1) is 6.92 Å². The molecule has 0 saturated carbocycles. The topological polar surface area (TPSA) is 42.3 Å². The molecule has 3 heterocycles. The van der Waals surface area contributed by atoms with Gasteiger partial charge in [-0.1, -0.05) is 24.3 Å². The number of aromatic nitrogens is 2. The van der Waals surface area contributed by atoms with E-state index < -0.39 is 0 Å². The number of para-hydroxylation sites is 1. The normalized spacial score (nSPS) is 19.1. The second-order valence-electron chi connectivity index (χ2n) is 6.88. The smallest absolute Gasteiger partial charge is 0.170 e. The minimum atomic E-state index is -0.0256. The summed E-state index contributed by atoms with van der Waals surface area (Å²) >= 11 is 5.70. The van der Waals surface area contributed by atoms with E-state index in [-0.39, 0.29) is 12.1 Å². The molecule has 1 saturated heterocycles. The van der Waals surface area contributed by atoms with Gasteiger partial charge in [-0.15, -0.1) is 0 Å². The Morgan fingerprint density at radius 1 is 1.07 bits per heavy atom. The standard InChI is InChI=1S/C22H24N4OS/c1-16-11-12-19(26(16)17-8-4-3-5-9-17)21-20(18-10-6-7-13-23-18)24-22(28)25(21)14-15-27-2/h3-13,20-21H,14-15H2,1-2H3,(H,24,28)/t20-,21-/m1/s1. The van der Waals surface area contributed by atoms with E-state index in [1.165, 1.54) is 11.4 Å². The summed E-state index contributed by atoms with van der Waals surface area (Å²) in [5.74, 6) is 0. The molecule has 1 aromatic carbocycles. The molecule has 0 radical (unpaired) electrons. The first-order valence-corrected chi connectivity index (χ1v) is 9.82. The molecule has 1 N–H and O–H groups in total. The molecule has 0 spiro atoms. The monoisotopic (exact) mass is 392 g/mol. The first-order valence-electron chi connectivity index (χ1n) is 9.41. The Labute approximate surface area is 171 Å². The number of nitrogens with zero attached hydrogens (tertiary/aromatic N) is 3. The molecule has 0 amide bonds. The van der Waals surface area contributed by atoms with Crippen molar-refractivity contribution in [3.05, 3.63) is 83.9 Å². The van der Waals surface area contributed by atoms with Crippen LogP contribution >= 0.6 is 12.2 Å². The number of rotatable bonds is 6. The van der Waals surface area contributed by atoms with Gasteiger partial charge in [-0.3, -0.25) is 4.98 Å². The maximum absolute atomic E-state index is 5.70. The summed E-state index contributed by atoms with van der Waals surface area (Å²) in [5, 5.41) is 4.22. The minimum absolute atomic E-state index is 0.0199. The quantitative estimate of drug-likeness (QED) is 0.647. The van der Waals surface area contributed by atoms with E-state index >= 15 is 0 Å². The minimum Gasteiger partial charge on any atom is -0.383 e. The number of hydrogen-bond acceptors (Lipinski definition) is 3. The Bertz CT molecular complexity index is 942. The molecule has 1 aliphatic heterocycles. The van der Waals surface area contributed by atoms with Crippen LogP contribution in [-0.4, -0.2) is 39.8 Å². The Hall–Kier alpha value is -2.70. The van der Waals surface area contributed by atoms with Gasteiger partial charge in [0.1, 0.15) is 0 Å². The lowest BCUT2D eigenvalue weighted by molar-refractivity contribution is 0.163. The molecule has 2 atom stereocenters. The number of pyridine rings is 1. The highest BCUT2D eigenvalue weighted by atomic mass is 32.1. The van der Waals surface area contributed by atoms with E-state index in [4.69, 9.17) is 17.0 Å². The van der Waals surface area contributed by atoms with Crippen LogP contribution in [0.3, 0.4) is 0 Å². The molecule has 3 aromatic rings. The van der Waals surface area contributed by atoms with Crippen molar-refractivity contribution in [3.63, 3.8) is 0 Å². The Balaban J connectivity index is 1.82. The van der Waals surface area contributed by atoms with Crippen LogP contribution in [0.2, 0.25) is 0 Å². The lowest BCUT2D eigenvalue weighted by Crippen LogP contribution is -2.33. The van der Waals surface area contributed by atoms with E-state index in [1.54, 1.807) is 7.11 Å². The molecule has 2 aromatic heterocycles. The van der Waals surface area contributed by atoms with E-state index in [0.717, 1.165) is 23.0 Å². The highest BCUT2D eigenvalue weighted by Crippen LogP contribution is 2.39. The Kier molecular flexibility index (Phi) is 5.41. The summed E-state index contributed by atoms with van der Waals surface area (Å²) in [4.78, 5) is 6.82. The lowest BCUT2D eigenvalue weighted by Gasteiger charge is -2.29. The van der Waals surface area contributed by atoms with Gasteiger partial charge >= 0.3 is 0 Å². The van der Waals surface area contributed by atoms with Gasteiger partial charge in [0.05, 0.1) is 24.4 Å². The third-order valence-corrected chi connectivity index (χ3v) is 5.51. The SMILES string of the molecule is COCCN1C(=S)N[C@H](c2ccccn2)[C@H]1c1ccc(C)n1-c1ccccc1. The molecule has 28 heavy (non-hydrogen) atoms. The Morgan fingerprint density at radius 3 is 2.57 bits per heavy atom. The van der Waals surface area contributed by atoms with E-state index in [0.29, 0.717) is 6.61 Å². The van der Waals surface area contributed by atoms with E-state index in [1.807, 2.05) is 24.4 Å². The summed E-state index contributed by atoms with van der Waals surface area (Å²) in [6.07, 6.45) is 1.83. The van der Waals surface area contributed by atoms with Crippen molar-refractivity contribution >= 4 is 17.3 Å². The van der Waals surface area contributed by atoms with Crippen molar-refractivity contribution < 1.29 is 4.74 Å². The second-order valence-corrected chi connectivity index (χ2v) is 7.27. The third kappa shape index (κ3) is 3.41. The maximum atomic E-state index is 5.70. The molecule has 1 aliphatic rings. The fourth-order valence-corrected chi connectivity index (χ4v) is 4.21. The van der Waals surface area contributed by atoms with E-state index in [2.05, 4.69) is 69.2 Å². The first kappa shape index (κ1) is 18.7. The number of aryl methyl sites for hydroxylation is 1. The van der Waals surface area contributed by atoms with Crippen LogP contribution in [0.25, 0.3) is 5.69 Å². The molecule has 144 valence electrons. The summed E-state index contributed by atoms with van der Waals surface area (Å²) in [6, 6.07) is 20.8. The van der Waals surface area contributed by atoms with Crippen molar-refractivity contribution in [1.29, 1.82) is 0 Å². The molecule has 1 fully saturated rings. The fourth-order valence-electron chi connectivity index (χ4n) is 3.88.